The number of amidine groups is 1. The van der Waals surface area contributed by atoms with Crippen molar-refractivity contribution in [1.29, 1.82) is 0 Å². The summed E-state index contributed by atoms with van der Waals surface area (Å²) in [6.45, 7) is 2.36. The van der Waals surface area contributed by atoms with E-state index in [0.29, 0.717) is 41.2 Å². The third-order valence-corrected chi connectivity index (χ3v) is 3.59. The van der Waals surface area contributed by atoms with Gasteiger partial charge in [-0.1, -0.05) is 6.08 Å². The molecular formula is C16H14FN7. The van der Waals surface area contributed by atoms with Crippen LogP contribution in [0.15, 0.2) is 41.5 Å². The fourth-order valence-corrected chi connectivity index (χ4v) is 2.65. The fraction of sp³-hybridized carbons (Fsp3) is 0.125. The number of pyridine rings is 1. The zero-order chi connectivity index (χ0) is 16.7. The first kappa shape index (κ1) is 14.3. The number of aromatic nitrogens is 4. The Hall–Kier alpha value is -3.29. The van der Waals surface area contributed by atoms with E-state index in [4.69, 9.17) is 5.73 Å². The van der Waals surface area contributed by atoms with Gasteiger partial charge in [-0.25, -0.2) is 19.3 Å². The van der Waals surface area contributed by atoms with Crippen molar-refractivity contribution >= 4 is 23.1 Å². The van der Waals surface area contributed by atoms with Crippen LogP contribution in [0, 0.1) is 12.7 Å². The molecule has 0 fully saturated rings. The molecule has 0 unspecified atom stereocenters. The summed E-state index contributed by atoms with van der Waals surface area (Å²) in [7, 11) is 0. The van der Waals surface area contributed by atoms with Crippen molar-refractivity contribution in [2.45, 2.75) is 6.92 Å². The van der Waals surface area contributed by atoms with E-state index in [1.807, 2.05) is 12.2 Å². The zero-order valence-corrected chi connectivity index (χ0v) is 12.9. The number of halogens is 1. The van der Waals surface area contributed by atoms with Crippen molar-refractivity contribution in [1.82, 2.24) is 19.4 Å². The van der Waals surface area contributed by atoms with Crippen LogP contribution >= 0.6 is 0 Å². The number of nitrogens with one attached hydrogen (secondary N) is 1. The molecule has 0 atom stereocenters. The van der Waals surface area contributed by atoms with Gasteiger partial charge in [0.1, 0.15) is 23.2 Å². The van der Waals surface area contributed by atoms with Crippen LogP contribution in [-0.2, 0) is 0 Å². The Morgan fingerprint density at radius 3 is 2.92 bits per heavy atom. The molecule has 0 saturated carbocycles. The van der Waals surface area contributed by atoms with E-state index in [1.54, 1.807) is 29.7 Å². The molecule has 120 valence electrons. The van der Waals surface area contributed by atoms with E-state index in [1.165, 1.54) is 6.07 Å². The van der Waals surface area contributed by atoms with Crippen molar-refractivity contribution in [2.75, 3.05) is 17.6 Å². The molecular weight excluding hydrogens is 309 g/mol. The van der Waals surface area contributed by atoms with Gasteiger partial charge in [-0.15, -0.1) is 0 Å². The van der Waals surface area contributed by atoms with Crippen LogP contribution in [0.25, 0.3) is 17.0 Å². The number of hydrogen-bond donors (Lipinski definition) is 2. The summed E-state index contributed by atoms with van der Waals surface area (Å²) >= 11 is 0. The predicted molar refractivity (Wildman–Crippen MR) is 90.4 cm³/mol. The Balaban J connectivity index is 1.96. The minimum Gasteiger partial charge on any atom is -0.384 e. The monoisotopic (exact) mass is 323 g/mol. The maximum absolute atomic E-state index is 14.2. The van der Waals surface area contributed by atoms with Crippen LogP contribution in [0.1, 0.15) is 5.82 Å². The topological polar surface area (TPSA) is 93.5 Å². The van der Waals surface area contributed by atoms with Crippen LogP contribution in [0.4, 0.5) is 16.0 Å². The molecule has 3 aromatic heterocycles. The number of rotatable bonds is 2. The second kappa shape index (κ2) is 5.41. The molecule has 7 nitrogen and oxygen atoms in total. The molecule has 0 saturated heterocycles. The number of nitrogens with zero attached hydrogens (tertiary/aromatic N) is 5. The molecule has 4 heterocycles. The summed E-state index contributed by atoms with van der Waals surface area (Å²) in [4.78, 5) is 17.2. The van der Waals surface area contributed by atoms with Gasteiger partial charge in [-0.2, -0.15) is 0 Å². The number of nitrogens with two attached hydrogens (primary N) is 1. The van der Waals surface area contributed by atoms with Crippen molar-refractivity contribution in [2.24, 2.45) is 4.99 Å². The quantitative estimate of drug-likeness (QED) is 0.754. The summed E-state index contributed by atoms with van der Waals surface area (Å²) in [5.41, 5.74) is 7.20. The van der Waals surface area contributed by atoms with E-state index in [-0.39, 0.29) is 5.65 Å². The number of aliphatic imine (C=N–C) groups is 1. The van der Waals surface area contributed by atoms with Crippen LogP contribution in [0.2, 0.25) is 0 Å². The standard InChI is InChI=1S/C16H14FN7/c1-9-20-11(8-12(18)21-9)14-15(22-13-5-2-6-19-13)23-16-10(17)4-3-7-24(14)16/h2-5,7-8H,6H2,1H3,(H,19,22)(H2,18,20,21). The van der Waals surface area contributed by atoms with Crippen LogP contribution in [0.3, 0.4) is 0 Å². The Morgan fingerprint density at radius 2 is 2.17 bits per heavy atom. The highest BCUT2D eigenvalue weighted by Crippen LogP contribution is 2.29. The summed E-state index contributed by atoms with van der Waals surface area (Å²) in [5, 5.41) is 3.13. The molecule has 0 amide bonds. The van der Waals surface area contributed by atoms with Gasteiger partial charge in [0.05, 0.1) is 12.2 Å². The number of nitrogen functional groups attached to an aromatic ring is 1. The van der Waals surface area contributed by atoms with Gasteiger partial charge in [-0.05, 0) is 25.1 Å². The maximum Gasteiger partial charge on any atom is 0.175 e. The average Bonchev–Trinajstić information content (AvgIpc) is 3.15. The van der Waals surface area contributed by atoms with Crippen LogP contribution in [-0.4, -0.2) is 31.7 Å². The smallest absolute Gasteiger partial charge is 0.175 e. The lowest BCUT2D eigenvalue weighted by molar-refractivity contribution is 0.630. The third kappa shape index (κ3) is 2.37. The normalized spacial score (nSPS) is 13.5. The summed E-state index contributed by atoms with van der Waals surface area (Å²) in [6.07, 6.45) is 5.50. The zero-order valence-electron chi connectivity index (χ0n) is 12.9. The average molecular weight is 323 g/mol. The summed E-state index contributed by atoms with van der Waals surface area (Å²) in [6, 6.07) is 4.61. The molecule has 0 spiro atoms. The highest BCUT2D eigenvalue weighted by molar-refractivity contribution is 6.06. The lowest BCUT2D eigenvalue weighted by Crippen LogP contribution is -2.09. The molecule has 24 heavy (non-hydrogen) atoms. The lowest BCUT2D eigenvalue weighted by atomic mass is 10.2. The molecule has 1 aliphatic rings. The Bertz CT molecular complexity index is 983. The Morgan fingerprint density at radius 1 is 1.29 bits per heavy atom. The number of hydrogen-bond acceptors (Lipinski definition) is 6. The molecule has 3 N–H and O–H groups in total. The van der Waals surface area contributed by atoms with Gasteiger partial charge in [0.2, 0.25) is 0 Å². The van der Waals surface area contributed by atoms with E-state index in [2.05, 4.69) is 25.3 Å². The molecule has 4 rings (SSSR count). The van der Waals surface area contributed by atoms with Gasteiger partial charge < -0.3 is 11.1 Å². The third-order valence-electron chi connectivity index (χ3n) is 3.59. The van der Waals surface area contributed by atoms with Crippen molar-refractivity contribution in [3.63, 3.8) is 0 Å². The van der Waals surface area contributed by atoms with E-state index in [0.717, 1.165) is 0 Å². The molecule has 0 bridgehead atoms. The van der Waals surface area contributed by atoms with Crippen molar-refractivity contribution in [3.8, 4) is 11.4 Å². The molecule has 0 radical (unpaired) electrons. The van der Waals surface area contributed by atoms with E-state index >= 15 is 0 Å². The first-order valence-electron chi connectivity index (χ1n) is 7.38. The van der Waals surface area contributed by atoms with Gasteiger partial charge in [-0.3, -0.25) is 9.39 Å². The first-order chi connectivity index (χ1) is 11.6. The Kier molecular flexibility index (Phi) is 3.23. The predicted octanol–water partition coefficient (Wildman–Crippen LogP) is 2.20. The SMILES string of the molecule is Cc1nc(N)cc(-c2c(NC3=NCC=C3)nc3c(F)cccn23)n1. The number of fused-ring (bicyclic) bond motifs is 1. The largest absolute Gasteiger partial charge is 0.384 e. The minimum absolute atomic E-state index is 0.201. The summed E-state index contributed by atoms with van der Waals surface area (Å²) in [5.74, 6) is 1.57. The van der Waals surface area contributed by atoms with Crippen LogP contribution in [0.5, 0.6) is 0 Å². The fourth-order valence-electron chi connectivity index (χ4n) is 2.65. The highest BCUT2D eigenvalue weighted by atomic mass is 19.1. The second-order valence-corrected chi connectivity index (χ2v) is 5.34. The Labute approximate surface area is 136 Å². The number of anilines is 2. The van der Waals surface area contributed by atoms with Crippen LogP contribution < -0.4 is 11.1 Å². The van der Waals surface area contributed by atoms with E-state index < -0.39 is 5.82 Å². The van der Waals surface area contributed by atoms with Gasteiger partial charge in [0.25, 0.3) is 0 Å². The highest BCUT2D eigenvalue weighted by Gasteiger charge is 2.19. The second-order valence-electron chi connectivity index (χ2n) is 5.34. The number of aryl methyl sites for hydroxylation is 1. The van der Waals surface area contributed by atoms with Gasteiger partial charge in [0.15, 0.2) is 17.3 Å². The molecule has 3 aromatic rings. The van der Waals surface area contributed by atoms with Gasteiger partial charge in [0, 0.05) is 12.3 Å². The van der Waals surface area contributed by atoms with Crippen molar-refractivity contribution < 1.29 is 4.39 Å². The molecule has 0 aliphatic carbocycles. The molecule has 1 aliphatic heterocycles. The van der Waals surface area contributed by atoms with Crippen molar-refractivity contribution in [3.05, 3.63) is 48.2 Å². The minimum atomic E-state index is -0.422. The summed E-state index contributed by atoms with van der Waals surface area (Å²) < 4.78 is 15.8. The molecule has 0 aromatic carbocycles. The maximum atomic E-state index is 14.2. The lowest BCUT2D eigenvalue weighted by Gasteiger charge is -2.07. The molecule has 8 heteroatoms. The van der Waals surface area contributed by atoms with E-state index in [9.17, 15) is 4.39 Å². The first-order valence-corrected chi connectivity index (χ1v) is 7.38. The number of imidazole rings is 1. The van der Waals surface area contributed by atoms with Gasteiger partial charge >= 0.3 is 0 Å².